The van der Waals surface area contributed by atoms with Crippen molar-refractivity contribution in [1.29, 1.82) is 0 Å². The molecule has 0 unspecified atom stereocenters. The summed E-state index contributed by atoms with van der Waals surface area (Å²) >= 11 is 0. The van der Waals surface area contributed by atoms with E-state index in [4.69, 9.17) is 5.73 Å². The van der Waals surface area contributed by atoms with Gasteiger partial charge >= 0.3 is 0 Å². The molecule has 0 bridgehead atoms. The van der Waals surface area contributed by atoms with Gasteiger partial charge < -0.3 is 15.4 Å². The Labute approximate surface area is 138 Å². The fourth-order valence-electron chi connectivity index (χ4n) is 3.08. The van der Waals surface area contributed by atoms with Crippen molar-refractivity contribution in [2.45, 2.75) is 38.5 Å². The second-order valence-electron chi connectivity index (χ2n) is 6.69. The topological polar surface area (TPSA) is 89.9 Å². The van der Waals surface area contributed by atoms with Gasteiger partial charge in [-0.1, -0.05) is 0 Å². The number of hydrogen-bond acceptors (Lipinski definition) is 5. The monoisotopic (exact) mass is 327 g/mol. The normalized spacial score (nSPS) is 17.5. The van der Waals surface area contributed by atoms with Crippen LogP contribution in [-0.4, -0.2) is 24.6 Å². The lowest BCUT2D eigenvalue weighted by atomic mass is 10.1. The van der Waals surface area contributed by atoms with Gasteiger partial charge in [0.15, 0.2) is 5.82 Å². The average molecular weight is 327 g/mol. The quantitative estimate of drug-likeness (QED) is 0.753. The van der Waals surface area contributed by atoms with Gasteiger partial charge in [-0.3, -0.25) is 0 Å². The predicted octanol–water partition coefficient (Wildman–Crippen LogP) is 2.26. The van der Waals surface area contributed by atoms with E-state index < -0.39 is 5.60 Å². The minimum Gasteiger partial charge on any atom is -0.382 e. The van der Waals surface area contributed by atoms with E-state index in [9.17, 15) is 9.50 Å². The molecule has 1 atom stereocenters. The molecule has 0 saturated carbocycles. The Morgan fingerprint density at radius 3 is 2.67 bits per heavy atom. The third-order valence-corrected chi connectivity index (χ3v) is 4.37. The Hall–Kier alpha value is -2.38. The Kier molecular flexibility index (Phi) is 3.20. The van der Waals surface area contributed by atoms with E-state index in [1.807, 2.05) is 4.57 Å². The summed E-state index contributed by atoms with van der Waals surface area (Å²) in [6, 6.07) is 3.09. The first kappa shape index (κ1) is 15.2. The van der Waals surface area contributed by atoms with Crippen LogP contribution in [0.25, 0.3) is 22.2 Å². The molecule has 0 radical (unpaired) electrons. The van der Waals surface area contributed by atoms with Crippen LogP contribution in [0.5, 0.6) is 0 Å². The van der Waals surface area contributed by atoms with E-state index in [2.05, 4.69) is 15.0 Å². The molecular formula is C17H18FN5O. The highest BCUT2D eigenvalue weighted by atomic mass is 19.1. The maximum Gasteiger partial charge on any atom is 0.159 e. The SMILES string of the molecule is CC(C)(O)c1ncc(-c2cc3c(cc2F)nc2n3CC[C@H]2N)cn1. The summed E-state index contributed by atoms with van der Waals surface area (Å²) in [5.74, 6) is 0.714. The van der Waals surface area contributed by atoms with Crippen molar-refractivity contribution in [2.75, 3.05) is 0 Å². The maximum atomic E-state index is 14.5. The maximum absolute atomic E-state index is 14.5. The Balaban J connectivity index is 1.83. The molecular weight excluding hydrogens is 309 g/mol. The minimum absolute atomic E-state index is 0.0988. The lowest BCUT2D eigenvalue weighted by molar-refractivity contribution is 0.0687. The van der Waals surface area contributed by atoms with Gasteiger partial charge in [-0.05, 0) is 26.3 Å². The number of hydrogen-bond donors (Lipinski definition) is 2. The van der Waals surface area contributed by atoms with Crippen molar-refractivity contribution in [1.82, 2.24) is 19.5 Å². The molecule has 4 rings (SSSR count). The number of halogens is 1. The summed E-state index contributed by atoms with van der Waals surface area (Å²) in [5.41, 5.74) is 7.33. The summed E-state index contributed by atoms with van der Waals surface area (Å²) in [6.07, 6.45) is 3.89. The molecule has 0 aliphatic carbocycles. The highest BCUT2D eigenvalue weighted by Gasteiger charge is 2.25. The molecule has 2 aromatic heterocycles. The van der Waals surface area contributed by atoms with Crippen LogP contribution in [0.2, 0.25) is 0 Å². The lowest BCUT2D eigenvalue weighted by Gasteiger charge is -2.15. The van der Waals surface area contributed by atoms with Crippen molar-refractivity contribution in [3.05, 3.63) is 42.0 Å². The molecule has 1 aromatic carbocycles. The molecule has 24 heavy (non-hydrogen) atoms. The van der Waals surface area contributed by atoms with Crippen molar-refractivity contribution >= 4 is 11.0 Å². The van der Waals surface area contributed by atoms with Gasteiger partial charge in [-0.2, -0.15) is 0 Å². The van der Waals surface area contributed by atoms with Crippen LogP contribution in [0.1, 0.15) is 38.0 Å². The average Bonchev–Trinajstić information content (AvgIpc) is 3.05. The van der Waals surface area contributed by atoms with Gasteiger partial charge in [-0.25, -0.2) is 19.3 Å². The van der Waals surface area contributed by atoms with E-state index in [1.165, 1.54) is 18.5 Å². The summed E-state index contributed by atoms with van der Waals surface area (Å²) < 4.78 is 16.6. The zero-order valence-corrected chi connectivity index (χ0v) is 13.5. The molecule has 0 amide bonds. The molecule has 3 N–H and O–H groups in total. The molecule has 0 saturated heterocycles. The zero-order valence-electron chi connectivity index (χ0n) is 13.5. The molecule has 3 aromatic rings. The highest BCUT2D eigenvalue weighted by Crippen LogP contribution is 2.32. The van der Waals surface area contributed by atoms with Crippen LogP contribution < -0.4 is 5.73 Å². The van der Waals surface area contributed by atoms with E-state index in [1.54, 1.807) is 19.9 Å². The van der Waals surface area contributed by atoms with E-state index in [0.717, 1.165) is 24.3 Å². The Bertz CT molecular complexity index is 927. The molecule has 1 aliphatic rings. The minimum atomic E-state index is -1.14. The van der Waals surface area contributed by atoms with Crippen LogP contribution >= 0.6 is 0 Å². The highest BCUT2D eigenvalue weighted by molar-refractivity contribution is 5.83. The van der Waals surface area contributed by atoms with E-state index in [0.29, 0.717) is 22.5 Å². The molecule has 1 aliphatic heterocycles. The smallest absolute Gasteiger partial charge is 0.159 e. The van der Waals surface area contributed by atoms with Crippen molar-refractivity contribution in [3.63, 3.8) is 0 Å². The first-order valence-corrected chi connectivity index (χ1v) is 7.85. The second kappa shape index (κ2) is 5.06. The largest absolute Gasteiger partial charge is 0.382 e. The summed E-state index contributed by atoms with van der Waals surface area (Å²) in [4.78, 5) is 12.7. The van der Waals surface area contributed by atoms with Crippen LogP contribution in [0.15, 0.2) is 24.5 Å². The van der Waals surface area contributed by atoms with Gasteiger partial charge in [0.2, 0.25) is 0 Å². The number of aryl methyl sites for hydroxylation is 1. The van der Waals surface area contributed by atoms with Crippen molar-refractivity contribution < 1.29 is 9.50 Å². The van der Waals surface area contributed by atoms with E-state index >= 15 is 0 Å². The lowest BCUT2D eigenvalue weighted by Crippen LogP contribution is -2.19. The number of rotatable bonds is 2. The number of fused-ring (bicyclic) bond motifs is 3. The van der Waals surface area contributed by atoms with Crippen LogP contribution in [0.4, 0.5) is 4.39 Å². The Morgan fingerprint density at radius 2 is 2.00 bits per heavy atom. The number of aliphatic hydroxyl groups is 1. The third-order valence-electron chi connectivity index (χ3n) is 4.37. The number of aromatic nitrogens is 4. The molecule has 124 valence electrons. The van der Waals surface area contributed by atoms with Crippen molar-refractivity contribution in [3.8, 4) is 11.1 Å². The van der Waals surface area contributed by atoms with Gasteiger partial charge in [0.1, 0.15) is 17.2 Å². The van der Waals surface area contributed by atoms with Gasteiger partial charge in [-0.15, -0.1) is 0 Å². The molecule has 7 heteroatoms. The van der Waals surface area contributed by atoms with Gasteiger partial charge in [0.05, 0.1) is 17.1 Å². The predicted molar refractivity (Wildman–Crippen MR) is 87.5 cm³/mol. The number of nitrogens with zero attached hydrogens (tertiary/aromatic N) is 4. The van der Waals surface area contributed by atoms with Crippen LogP contribution in [-0.2, 0) is 12.1 Å². The number of imidazole rings is 1. The molecule has 0 fully saturated rings. The first-order valence-electron chi connectivity index (χ1n) is 7.85. The molecule has 6 nitrogen and oxygen atoms in total. The third kappa shape index (κ3) is 2.28. The summed E-state index contributed by atoms with van der Waals surface area (Å²) in [6.45, 7) is 3.99. The first-order chi connectivity index (χ1) is 11.3. The fourth-order valence-corrected chi connectivity index (χ4v) is 3.08. The zero-order chi connectivity index (χ0) is 17.1. The van der Waals surface area contributed by atoms with E-state index in [-0.39, 0.29) is 11.9 Å². The standard InChI is InChI=1S/C17H18FN5O/c1-17(2,24)16-20-7-9(8-21-16)10-5-14-13(6-11(10)18)22-15-12(19)3-4-23(14)15/h5-8,12,24H,3-4,19H2,1-2H3/t12-/m1/s1. The van der Waals surface area contributed by atoms with Gasteiger partial charge in [0, 0.05) is 36.1 Å². The Morgan fingerprint density at radius 1 is 1.29 bits per heavy atom. The number of benzene rings is 1. The fraction of sp³-hybridized carbons (Fsp3) is 0.353. The summed E-state index contributed by atoms with van der Waals surface area (Å²) in [5, 5.41) is 9.93. The number of nitrogens with two attached hydrogens (primary N) is 1. The van der Waals surface area contributed by atoms with Crippen LogP contribution in [0, 0.1) is 5.82 Å². The van der Waals surface area contributed by atoms with Crippen LogP contribution in [0.3, 0.4) is 0 Å². The van der Waals surface area contributed by atoms with Gasteiger partial charge in [0.25, 0.3) is 0 Å². The molecule has 3 heterocycles. The molecule has 0 spiro atoms. The summed E-state index contributed by atoms with van der Waals surface area (Å²) in [7, 11) is 0. The van der Waals surface area contributed by atoms with Crippen molar-refractivity contribution in [2.24, 2.45) is 5.73 Å². The second-order valence-corrected chi connectivity index (χ2v) is 6.69.